The van der Waals surface area contributed by atoms with E-state index in [0.29, 0.717) is 0 Å². The third-order valence-corrected chi connectivity index (χ3v) is 8.82. The van der Waals surface area contributed by atoms with Crippen LogP contribution in [0.5, 0.6) is 17.2 Å². The van der Waals surface area contributed by atoms with Gasteiger partial charge in [-0.3, -0.25) is 14.4 Å². The van der Waals surface area contributed by atoms with E-state index in [-0.39, 0.29) is 41.0 Å². The molecule has 0 amide bonds. The number of Topliss-reactive ketones (excluding diaryl/α,β-unsaturated/α-hetero) is 1. The summed E-state index contributed by atoms with van der Waals surface area (Å²) in [6.07, 6.45) is -5.22. The van der Waals surface area contributed by atoms with Crippen LogP contribution in [-0.2, 0) is 27.3 Å². The van der Waals surface area contributed by atoms with Crippen LogP contribution in [0.15, 0.2) is 48.5 Å². The molecule has 12 heteroatoms. The predicted octanol–water partition coefficient (Wildman–Crippen LogP) is 1.57. The number of carbonyl (C=O) groups excluding carboxylic acids is 3. The van der Waals surface area contributed by atoms with Gasteiger partial charge in [0.15, 0.2) is 17.9 Å². The van der Waals surface area contributed by atoms with Crippen LogP contribution in [-0.4, -0.2) is 79.6 Å². The van der Waals surface area contributed by atoms with E-state index < -0.39 is 95.7 Å². The van der Waals surface area contributed by atoms with Crippen molar-refractivity contribution >= 4 is 17.3 Å². The molecule has 0 aromatic heterocycles. The number of aromatic hydroxyl groups is 2. The molecule has 3 aromatic carbocycles. The van der Waals surface area contributed by atoms with Crippen LogP contribution in [0.2, 0.25) is 0 Å². The molecule has 0 spiro atoms. The molecule has 12 nitrogen and oxygen atoms in total. The summed E-state index contributed by atoms with van der Waals surface area (Å²) < 4.78 is 17.8. The molecule has 7 N–H and O–H groups in total. The molecule has 3 aromatic rings. The van der Waals surface area contributed by atoms with Crippen molar-refractivity contribution in [2.24, 2.45) is 5.73 Å². The van der Waals surface area contributed by atoms with E-state index in [1.54, 1.807) is 6.92 Å². The number of ether oxygens (including phenoxy) is 3. The number of carbonyl (C=O) groups is 3. The van der Waals surface area contributed by atoms with Crippen molar-refractivity contribution in [3.05, 3.63) is 87.5 Å². The fourth-order valence-corrected chi connectivity index (χ4v) is 6.44. The summed E-state index contributed by atoms with van der Waals surface area (Å²) >= 11 is 0. The van der Waals surface area contributed by atoms with E-state index in [4.69, 9.17) is 19.9 Å². The molecular formula is C33H33NO11. The fourth-order valence-electron chi connectivity index (χ4n) is 6.44. The van der Waals surface area contributed by atoms with E-state index in [1.165, 1.54) is 18.2 Å². The lowest BCUT2D eigenvalue weighted by molar-refractivity contribution is -0.247. The summed E-state index contributed by atoms with van der Waals surface area (Å²) in [4.78, 5) is 40.7. The Morgan fingerprint density at radius 1 is 1.02 bits per heavy atom. The van der Waals surface area contributed by atoms with Gasteiger partial charge in [0.2, 0.25) is 5.78 Å². The smallest absolute Gasteiger partial charge is 0.202 e. The van der Waals surface area contributed by atoms with Crippen LogP contribution in [0.4, 0.5) is 0 Å². The van der Waals surface area contributed by atoms with Crippen molar-refractivity contribution in [2.75, 3.05) is 6.61 Å². The van der Waals surface area contributed by atoms with Crippen molar-refractivity contribution in [3.63, 3.8) is 0 Å². The SMILES string of the molecule is CC1OC(OC2CC(O)(C(=O)CO)Cc3c(O)c4c(c(O)c32)C(=O)c2c(OCc3ccccc3)cccc2C4=O)CC(N)C1O. The fraction of sp³-hybridized carbons (Fsp3) is 0.364. The van der Waals surface area contributed by atoms with Gasteiger partial charge >= 0.3 is 0 Å². The highest BCUT2D eigenvalue weighted by molar-refractivity contribution is 6.31. The number of hydrogen-bond donors (Lipinski definition) is 6. The van der Waals surface area contributed by atoms with Gasteiger partial charge in [-0.25, -0.2) is 0 Å². The number of phenolic OH excluding ortho intramolecular Hbond substituents is 2. The molecule has 3 aliphatic rings. The number of rotatable bonds is 7. The molecule has 0 radical (unpaired) electrons. The maximum absolute atomic E-state index is 14.1. The Morgan fingerprint density at radius 3 is 2.42 bits per heavy atom. The van der Waals surface area contributed by atoms with E-state index in [9.17, 15) is 39.9 Å². The largest absolute Gasteiger partial charge is 0.507 e. The Balaban J connectivity index is 1.45. The molecule has 6 atom stereocenters. The molecule has 0 bridgehead atoms. The van der Waals surface area contributed by atoms with E-state index in [1.807, 2.05) is 30.3 Å². The zero-order valence-electron chi connectivity index (χ0n) is 24.3. The molecule has 1 saturated heterocycles. The lowest BCUT2D eigenvalue weighted by Gasteiger charge is -2.42. The maximum atomic E-state index is 14.1. The number of aliphatic hydroxyl groups excluding tert-OH is 2. The van der Waals surface area contributed by atoms with Gasteiger partial charge in [0.1, 0.15) is 36.1 Å². The molecule has 2 aliphatic carbocycles. The van der Waals surface area contributed by atoms with E-state index in [0.717, 1.165) is 5.56 Å². The highest BCUT2D eigenvalue weighted by Crippen LogP contribution is 2.52. The van der Waals surface area contributed by atoms with Crippen LogP contribution in [0.25, 0.3) is 0 Å². The predicted molar refractivity (Wildman–Crippen MR) is 156 cm³/mol. The summed E-state index contributed by atoms with van der Waals surface area (Å²) in [6.45, 7) is 0.650. The number of aliphatic hydroxyl groups is 3. The Kier molecular flexibility index (Phi) is 7.98. The van der Waals surface area contributed by atoms with Crippen molar-refractivity contribution < 1.29 is 54.1 Å². The Morgan fingerprint density at radius 2 is 1.73 bits per heavy atom. The second-order valence-electron chi connectivity index (χ2n) is 11.7. The Bertz CT molecular complexity index is 1680. The number of nitrogens with two attached hydrogens (primary N) is 1. The van der Waals surface area contributed by atoms with Gasteiger partial charge < -0.3 is 45.5 Å². The second-order valence-corrected chi connectivity index (χ2v) is 11.7. The van der Waals surface area contributed by atoms with Crippen molar-refractivity contribution in [1.29, 1.82) is 0 Å². The second kappa shape index (κ2) is 11.6. The number of hydrogen-bond acceptors (Lipinski definition) is 12. The van der Waals surface area contributed by atoms with E-state index in [2.05, 4.69) is 0 Å². The molecule has 6 unspecified atom stereocenters. The number of fused-ring (bicyclic) bond motifs is 3. The number of ketones is 3. The van der Waals surface area contributed by atoms with Crippen LogP contribution in [0, 0.1) is 0 Å². The minimum Gasteiger partial charge on any atom is -0.507 e. The quantitative estimate of drug-likeness (QED) is 0.163. The standard InChI is InChI=1S/C33H33NO11/c1-15-28(37)19(34)10-23(44-15)45-21-12-33(42,22(36)13-35)11-18-25(21)32(41)27-26(30(18)39)29(38)17-8-5-9-20(24(17)31(27)40)43-14-16-6-3-2-4-7-16/h2-9,15,19,21,23,28,35,37,39,41-42H,10-14,34H2,1H3. The van der Waals surface area contributed by atoms with Crippen molar-refractivity contribution in [3.8, 4) is 17.2 Å². The molecule has 236 valence electrons. The average molecular weight is 620 g/mol. The number of benzene rings is 3. The molecule has 6 rings (SSSR count). The first-order chi connectivity index (χ1) is 21.4. The zero-order chi connectivity index (χ0) is 32.2. The zero-order valence-corrected chi connectivity index (χ0v) is 24.3. The first-order valence-electron chi connectivity index (χ1n) is 14.6. The highest BCUT2D eigenvalue weighted by atomic mass is 16.7. The van der Waals surface area contributed by atoms with Gasteiger partial charge in [-0.1, -0.05) is 42.5 Å². The van der Waals surface area contributed by atoms with Gasteiger partial charge in [-0.05, 0) is 18.6 Å². The summed E-state index contributed by atoms with van der Waals surface area (Å²) in [5.74, 6) is -3.81. The van der Waals surface area contributed by atoms with Gasteiger partial charge in [0.05, 0.1) is 35.0 Å². The lowest BCUT2D eigenvalue weighted by atomic mass is 9.72. The summed E-state index contributed by atoms with van der Waals surface area (Å²) in [5.41, 5.74) is 3.18. The first-order valence-corrected chi connectivity index (χ1v) is 14.6. The lowest BCUT2D eigenvalue weighted by Crippen LogP contribution is -2.53. The average Bonchev–Trinajstić information content (AvgIpc) is 3.02. The van der Waals surface area contributed by atoms with Crippen molar-refractivity contribution in [2.45, 2.75) is 69.0 Å². The van der Waals surface area contributed by atoms with Crippen LogP contribution in [0.3, 0.4) is 0 Å². The minimum absolute atomic E-state index is 0.00824. The Hall–Kier alpha value is -4.17. The monoisotopic (exact) mass is 619 g/mol. The van der Waals surface area contributed by atoms with Gasteiger partial charge in [0, 0.05) is 42.0 Å². The first kappa shape index (κ1) is 30.8. The summed E-state index contributed by atoms with van der Waals surface area (Å²) in [6, 6.07) is 12.9. The van der Waals surface area contributed by atoms with Gasteiger partial charge in [-0.15, -0.1) is 0 Å². The van der Waals surface area contributed by atoms with Crippen molar-refractivity contribution in [1.82, 2.24) is 0 Å². The maximum Gasteiger partial charge on any atom is 0.202 e. The third-order valence-electron chi connectivity index (χ3n) is 8.82. The molecule has 1 heterocycles. The van der Waals surface area contributed by atoms with Gasteiger partial charge in [0.25, 0.3) is 0 Å². The molecule has 1 aliphatic heterocycles. The van der Waals surface area contributed by atoms with Gasteiger partial charge in [-0.2, -0.15) is 0 Å². The molecular weight excluding hydrogens is 586 g/mol. The third kappa shape index (κ3) is 5.19. The summed E-state index contributed by atoms with van der Waals surface area (Å²) in [5, 5.41) is 54.4. The number of phenols is 2. The van der Waals surface area contributed by atoms with Crippen LogP contribution >= 0.6 is 0 Å². The van der Waals surface area contributed by atoms with E-state index >= 15 is 0 Å². The normalized spacial score (nSPS) is 27.4. The van der Waals surface area contributed by atoms with Crippen LogP contribution in [0.1, 0.15) is 74.4 Å². The van der Waals surface area contributed by atoms with Crippen LogP contribution < -0.4 is 10.5 Å². The molecule has 1 fully saturated rings. The summed E-state index contributed by atoms with van der Waals surface area (Å²) in [7, 11) is 0. The minimum atomic E-state index is -2.26. The molecule has 45 heavy (non-hydrogen) atoms. The molecule has 0 saturated carbocycles. The Labute approximate surface area is 257 Å². The topological polar surface area (TPSA) is 206 Å². The highest BCUT2D eigenvalue weighted by Gasteiger charge is 2.50.